The molecule has 1 amide bonds. The van der Waals surface area contributed by atoms with Crippen LogP contribution in [0.25, 0.3) is 0 Å². The average Bonchev–Trinajstić information content (AvgIpc) is 1.72. The van der Waals surface area contributed by atoms with E-state index in [1.165, 1.54) is 4.90 Å². The second kappa shape index (κ2) is 3.64. The van der Waals surface area contributed by atoms with Crippen molar-refractivity contribution in [2.75, 3.05) is 13.1 Å². The first-order chi connectivity index (χ1) is 6.59. The van der Waals surface area contributed by atoms with Crippen LogP contribution in [0.3, 0.4) is 0 Å². The number of nitrogens with zero attached hydrogens (tertiary/aromatic N) is 1. The number of sulfonamides is 1. The number of likely N-dealkylation sites (tertiary alicyclic amines) is 1. The first kappa shape index (κ1) is 12.3. The zero-order valence-electron chi connectivity index (χ0n) is 9.06. The first-order valence-electron chi connectivity index (χ1n) is 4.59. The molecular formula is C8H16N2O4S. The molecule has 1 aliphatic rings. The van der Waals surface area contributed by atoms with Crippen LogP contribution in [0.4, 0.5) is 4.79 Å². The average molecular weight is 236 g/mol. The van der Waals surface area contributed by atoms with E-state index in [9.17, 15) is 13.2 Å². The van der Waals surface area contributed by atoms with E-state index >= 15 is 0 Å². The minimum atomic E-state index is -3.53. The van der Waals surface area contributed by atoms with Crippen LogP contribution in [0, 0.1) is 0 Å². The molecule has 2 N–H and O–H groups in total. The van der Waals surface area contributed by atoms with Gasteiger partial charge in [0, 0.05) is 13.1 Å². The van der Waals surface area contributed by atoms with Gasteiger partial charge in [-0.25, -0.2) is 18.4 Å². The molecule has 1 heterocycles. The van der Waals surface area contributed by atoms with Crippen molar-refractivity contribution in [3.63, 3.8) is 0 Å². The van der Waals surface area contributed by atoms with E-state index in [-0.39, 0.29) is 13.1 Å². The van der Waals surface area contributed by atoms with Crippen molar-refractivity contribution in [3.05, 3.63) is 0 Å². The number of rotatable bonds is 1. The van der Waals surface area contributed by atoms with Gasteiger partial charge < -0.3 is 9.64 Å². The van der Waals surface area contributed by atoms with Crippen molar-refractivity contribution >= 4 is 16.1 Å². The van der Waals surface area contributed by atoms with E-state index in [4.69, 9.17) is 9.88 Å². The number of primary sulfonamides is 1. The molecule has 1 rings (SSSR count). The van der Waals surface area contributed by atoms with Crippen molar-refractivity contribution in [2.45, 2.75) is 31.6 Å². The topological polar surface area (TPSA) is 89.7 Å². The quantitative estimate of drug-likeness (QED) is 0.688. The van der Waals surface area contributed by atoms with E-state index in [1.807, 2.05) is 0 Å². The predicted octanol–water partition coefficient (Wildman–Crippen LogP) is -0.106. The van der Waals surface area contributed by atoms with Gasteiger partial charge in [-0.3, -0.25) is 0 Å². The zero-order valence-corrected chi connectivity index (χ0v) is 9.87. The van der Waals surface area contributed by atoms with Gasteiger partial charge in [-0.15, -0.1) is 0 Å². The highest BCUT2D eigenvalue weighted by molar-refractivity contribution is 7.89. The second-order valence-electron chi connectivity index (χ2n) is 4.60. The number of carbonyl (C=O) groups is 1. The Labute approximate surface area is 89.4 Å². The smallest absolute Gasteiger partial charge is 0.410 e. The second-order valence-corrected chi connectivity index (χ2v) is 6.44. The van der Waals surface area contributed by atoms with Crippen LogP contribution in [-0.2, 0) is 14.8 Å². The fraction of sp³-hybridized carbons (Fsp3) is 0.875. The van der Waals surface area contributed by atoms with E-state index in [1.54, 1.807) is 20.8 Å². The van der Waals surface area contributed by atoms with Gasteiger partial charge in [0.1, 0.15) is 10.9 Å². The van der Waals surface area contributed by atoms with E-state index in [0.29, 0.717) is 0 Å². The Morgan fingerprint density at radius 2 is 1.87 bits per heavy atom. The van der Waals surface area contributed by atoms with Gasteiger partial charge in [-0.2, -0.15) is 0 Å². The third-order valence-electron chi connectivity index (χ3n) is 1.96. The standard InChI is InChI=1S/C8H16N2O4S/c1-8(2,3)14-7(11)10-4-6(5-10)15(9,12)13/h6H,4-5H2,1-3H3,(H2,9,12,13). The highest BCUT2D eigenvalue weighted by atomic mass is 32.2. The molecule has 6 nitrogen and oxygen atoms in total. The molecule has 0 unspecified atom stereocenters. The van der Waals surface area contributed by atoms with Crippen LogP contribution in [0.1, 0.15) is 20.8 Å². The summed E-state index contributed by atoms with van der Waals surface area (Å²) in [5.74, 6) is 0. The van der Waals surface area contributed by atoms with Gasteiger partial charge in [0.05, 0.1) is 0 Å². The van der Waals surface area contributed by atoms with Crippen LogP contribution < -0.4 is 5.14 Å². The molecule has 0 atom stereocenters. The van der Waals surface area contributed by atoms with E-state index in [2.05, 4.69) is 0 Å². The normalized spacial score (nSPS) is 18.5. The number of ether oxygens (including phenoxy) is 1. The Morgan fingerprint density at radius 3 is 2.20 bits per heavy atom. The van der Waals surface area contributed by atoms with Crippen LogP contribution >= 0.6 is 0 Å². The number of carbonyl (C=O) groups excluding carboxylic acids is 1. The van der Waals surface area contributed by atoms with Crippen molar-refractivity contribution in [1.29, 1.82) is 0 Å². The summed E-state index contributed by atoms with van der Waals surface area (Å²) in [6.45, 7) is 5.49. The number of nitrogens with two attached hydrogens (primary N) is 1. The molecule has 7 heteroatoms. The lowest BCUT2D eigenvalue weighted by atomic mass is 10.2. The highest BCUT2D eigenvalue weighted by Gasteiger charge is 2.39. The van der Waals surface area contributed by atoms with E-state index in [0.717, 1.165) is 0 Å². The van der Waals surface area contributed by atoms with Gasteiger partial charge in [0.2, 0.25) is 10.0 Å². The molecule has 15 heavy (non-hydrogen) atoms. The molecule has 88 valence electrons. The van der Waals surface area contributed by atoms with E-state index < -0.39 is 27.0 Å². The van der Waals surface area contributed by atoms with Crippen molar-refractivity contribution in [2.24, 2.45) is 5.14 Å². The summed E-state index contributed by atoms with van der Waals surface area (Å²) < 4.78 is 26.8. The third kappa shape index (κ3) is 3.35. The lowest BCUT2D eigenvalue weighted by Crippen LogP contribution is -2.59. The first-order valence-corrected chi connectivity index (χ1v) is 6.20. The Bertz CT molecular complexity index is 351. The van der Waals surface area contributed by atoms with Gasteiger partial charge in [0.15, 0.2) is 0 Å². The lowest BCUT2D eigenvalue weighted by molar-refractivity contribution is 0.0139. The zero-order chi connectivity index (χ0) is 11.9. The Kier molecular flexibility index (Phi) is 2.97. The molecule has 0 bridgehead atoms. The summed E-state index contributed by atoms with van der Waals surface area (Å²) in [6, 6.07) is 0. The summed E-state index contributed by atoms with van der Waals surface area (Å²) >= 11 is 0. The maximum Gasteiger partial charge on any atom is 0.410 e. The molecule has 1 fully saturated rings. The third-order valence-corrected chi connectivity index (χ3v) is 3.19. The van der Waals surface area contributed by atoms with Gasteiger partial charge in [-0.1, -0.05) is 0 Å². The number of amides is 1. The SMILES string of the molecule is CC(C)(C)OC(=O)N1CC(S(N)(=O)=O)C1. The predicted molar refractivity (Wildman–Crippen MR) is 54.7 cm³/mol. The largest absolute Gasteiger partial charge is 0.444 e. The fourth-order valence-corrected chi connectivity index (χ4v) is 1.90. The van der Waals surface area contributed by atoms with Crippen LogP contribution in [0.15, 0.2) is 0 Å². The monoisotopic (exact) mass is 236 g/mol. The highest BCUT2D eigenvalue weighted by Crippen LogP contribution is 2.18. The minimum absolute atomic E-state index is 0.119. The van der Waals surface area contributed by atoms with Crippen molar-refractivity contribution in [3.8, 4) is 0 Å². The maximum atomic E-state index is 11.4. The summed E-state index contributed by atoms with van der Waals surface area (Å²) in [4.78, 5) is 12.7. The molecule has 1 saturated heterocycles. The van der Waals surface area contributed by atoms with Gasteiger partial charge in [-0.05, 0) is 20.8 Å². The molecule has 1 aliphatic heterocycles. The Morgan fingerprint density at radius 1 is 1.40 bits per heavy atom. The summed E-state index contributed by atoms with van der Waals surface area (Å²) in [6.07, 6.45) is -0.498. The summed E-state index contributed by atoms with van der Waals surface area (Å²) in [5.41, 5.74) is -0.566. The molecule has 0 saturated carbocycles. The summed E-state index contributed by atoms with van der Waals surface area (Å²) in [7, 11) is -3.53. The molecule has 0 aliphatic carbocycles. The van der Waals surface area contributed by atoms with Crippen molar-refractivity contribution in [1.82, 2.24) is 4.90 Å². The van der Waals surface area contributed by atoms with Crippen LogP contribution in [-0.4, -0.2) is 43.4 Å². The number of hydrogen-bond acceptors (Lipinski definition) is 4. The van der Waals surface area contributed by atoms with Gasteiger partial charge >= 0.3 is 6.09 Å². The Balaban J connectivity index is 2.43. The van der Waals surface area contributed by atoms with Gasteiger partial charge in [0.25, 0.3) is 0 Å². The molecule has 0 spiro atoms. The van der Waals surface area contributed by atoms with Crippen LogP contribution in [0.2, 0.25) is 0 Å². The molecule has 0 radical (unpaired) electrons. The molecular weight excluding hydrogens is 220 g/mol. The maximum absolute atomic E-state index is 11.4. The minimum Gasteiger partial charge on any atom is -0.444 e. The van der Waals surface area contributed by atoms with Crippen molar-refractivity contribution < 1.29 is 17.9 Å². The fourth-order valence-electron chi connectivity index (χ4n) is 1.12. The molecule has 0 aromatic rings. The number of hydrogen-bond donors (Lipinski definition) is 1. The molecule has 0 aromatic heterocycles. The molecule has 0 aromatic carbocycles. The summed E-state index contributed by atoms with van der Waals surface area (Å²) in [5, 5.41) is 4.28. The Hall–Kier alpha value is -0.820. The lowest BCUT2D eigenvalue weighted by Gasteiger charge is -2.38. The van der Waals surface area contributed by atoms with Crippen LogP contribution in [0.5, 0.6) is 0 Å².